The average molecular weight is 333 g/mol. The van der Waals surface area contributed by atoms with E-state index in [1.165, 1.54) is 6.07 Å². The molecule has 2 amide bonds. The highest BCUT2D eigenvalue weighted by molar-refractivity contribution is 5.74. The number of hydrogen-bond acceptors (Lipinski definition) is 4. The minimum Gasteiger partial charge on any atom is -0.441 e. The fourth-order valence-corrected chi connectivity index (χ4v) is 2.58. The summed E-state index contributed by atoms with van der Waals surface area (Å²) in [6.07, 6.45) is 0.528. The number of morpholine rings is 1. The maximum absolute atomic E-state index is 13.8. The summed E-state index contributed by atoms with van der Waals surface area (Å²) in [6, 6.07) is 6.26. The molecule has 0 radical (unpaired) electrons. The molecule has 0 unspecified atom stereocenters. The number of amides is 2. The van der Waals surface area contributed by atoms with Gasteiger partial charge in [-0.25, -0.2) is 14.2 Å². The second-order valence-electron chi connectivity index (χ2n) is 5.58. The third-order valence-corrected chi connectivity index (χ3v) is 3.93. The minimum absolute atomic E-state index is 0.103. The average Bonchev–Trinajstić information content (AvgIpc) is 2.96. The van der Waals surface area contributed by atoms with Crippen LogP contribution in [0.5, 0.6) is 0 Å². The summed E-state index contributed by atoms with van der Waals surface area (Å²) in [6.45, 7) is 4.58. The number of rotatable bonds is 4. The number of nitrogens with zero attached hydrogens (tertiary/aromatic N) is 2. The van der Waals surface area contributed by atoms with Crippen molar-refractivity contribution in [1.29, 1.82) is 0 Å². The molecule has 1 aliphatic rings. The Labute approximate surface area is 139 Å². The highest BCUT2D eigenvalue weighted by Gasteiger charge is 2.17. The minimum atomic E-state index is -0.370. The first kappa shape index (κ1) is 16.4. The van der Waals surface area contributed by atoms with Crippen molar-refractivity contribution in [3.05, 3.63) is 41.5 Å². The van der Waals surface area contributed by atoms with Gasteiger partial charge in [-0.1, -0.05) is 12.1 Å². The first-order chi connectivity index (χ1) is 11.6. The Balaban J connectivity index is 1.58. The van der Waals surface area contributed by atoms with Crippen molar-refractivity contribution in [3.8, 4) is 11.5 Å². The monoisotopic (exact) mass is 333 g/mol. The lowest BCUT2D eigenvalue weighted by molar-refractivity contribution is 0.0533. The van der Waals surface area contributed by atoms with Gasteiger partial charge >= 0.3 is 6.03 Å². The van der Waals surface area contributed by atoms with Gasteiger partial charge < -0.3 is 19.4 Å². The number of nitrogens with one attached hydrogen (secondary N) is 1. The number of hydrogen-bond donors (Lipinski definition) is 1. The second-order valence-corrected chi connectivity index (χ2v) is 5.58. The maximum atomic E-state index is 13.8. The van der Waals surface area contributed by atoms with E-state index in [1.54, 1.807) is 30.0 Å². The Morgan fingerprint density at radius 1 is 1.33 bits per heavy atom. The number of aromatic nitrogens is 1. The van der Waals surface area contributed by atoms with Crippen LogP contribution in [0.1, 0.15) is 11.5 Å². The number of ether oxygens (including phenoxy) is 1. The van der Waals surface area contributed by atoms with E-state index in [-0.39, 0.29) is 17.7 Å². The zero-order valence-electron chi connectivity index (χ0n) is 13.5. The molecule has 0 atom stereocenters. The Morgan fingerprint density at radius 2 is 2.08 bits per heavy atom. The van der Waals surface area contributed by atoms with Gasteiger partial charge in [-0.2, -0.15) is 0 Å². The van der Waals surface area contributed by atoms with Gasteiger partial charge in [0.1, 0.15) is 11.6 Å². The Bertz CT molecular complexity index is 711. The van der Waals surface area contributed by atoms with Crippen LogP contribution in [0.15, 0.2) is 28.7 Å². The van der Waals surface area contributed by atoms with Crippen molar-refractivity contribution in [1.82, 2.24) is 15.2 Å². The molecule has 0 aliphatic carbocycles. The molecule has 0 saturated carbocycles. The van der Waals surface area contributed by atoms with E-state index in [4.69, 9.17) is 9.15 Å². The quantitative estimate of drug-likeness (QED) is 0.933. The van der Waals surface area contributed by atoms with Crippen LogP contribution in [-0.2, 0) is 11.2 Å². The van der Waals surface area contributed by atoms with Gasteiger partial charge in [-0.3, -0.25) is 0 Å². The molecular formula is C17H20FN3O3. The number of halogens is 1. The van der Waals surface area contributed by atoms with Crippen LogP contribution >= 0.6 is 0 Å². The molecular weight excluding hydrogens is 313 g/mol. The number of urea groups is 1. The van der Waals surface area contributed by atoms with Crippen molar-refractivity contribution in [3.63, 3.8) is 0 Å². The second kappa shape index (κ2) is 7.44. The predicted octanol–water partition coefficient (Wildman–Crippen LogP) is 2.37. The molecule has 6 nitrogen and oxygen atoms in total. The fourth-order valence-electron chi connectivity index (χ4n) is 2.58. The Hall–Kier alpha value is -2.41. The van der Waals surface area contributed by atoms with Crippen molar-refractivity contribution in [2.45, 2.75) is 13.3 Å². The smallest absolute Gasteiger partial charge is 0.317 e. The summed E-state index contributed by atoms with van der Waals surface area (Å²) in [5.41, 5.74) is 1.06. The van der Waals surface area contributed by atoms with E-state index >= 15 is 0 Å². The lowest BCUT2D eigenvalue weighted by Crippen LogP contribution is -2.46. The molecule has 0 spiro atoms. The molecule has 0 bridgehead atoms. The topological polar surface area (TPSA) is 67.6 Å². The largest absolute Gasteiger partial charge is 0.441 e. The molecule has 128 valence electrons. The summed E-state index contributed by atoms with van der Waals surface area (Å²) >= 11 is 0. The normalized spacial score (nSPS) is 14.7. The number of carbonyl (C=O) groups is 1. The molecule has 7 heteroatoms. The molecule has 1 aliphatic heterocycles. The maximum Gasteiger partial charge on any atom is 0.317 e. The zero-order valence-corrected chi connectivity index (χ0v) is 13.5. The van der Waals surface area contributed by atoms with E-state index in [0.29, 0.717) is 50.6 Å². The fraction of sp³-hybridized carbons (Fsp3) is 0.412. The third kappa shape index (κ3) is 3.73. The van der Waals surface area contributed by atoms with Crippen LogP contribution in [-0.4, -0.2) is 48.8 Å². The first-order valence-electron chi connectivity index (χ1n) is 7.97. The van der Waals surface area contributed by atoms with Crippen LogP contribution in [0.4, 0.5) is 9.18 Å². The molecule has 1 saturated heterocycles. The van der Waals surface area contributed by atoms with Gasteiger partial charge in [0.05, 0.1) is 24.5 Å². The molecule has 1 N–H and O–H groups in total. The summed E-state index contributed by atoms with van der Waals surface area (Å²) in [5, 5.41) is 2.86. The summed E-state index contributed by atoms with van der Waals surface area (Å²) in [5.74, 6) is 0.528. The highest BCUT2D eigenvalue weighted by atomic mass is 19.1. The lowest BCUT2D eigenvalue weighted by Gasteiger charge is -2.26. The van der Waals surface area contributed by atoms with Crippen LogP contribution < -0.4 is 5.32 Å². The van der Waals surface area contributed by atoms with Gasteiger partial charge in [0.2, 0.25) is 5.89 Å². The van der Waals surface area contributed by atoms with E-state index in [1.807, 2.05) is 0 Å². The number of oxazole rings is 1. The SMILES string of the molecule is Cc1oc(-c2ccccc2F)nc1CCNC(=O)N1CCOCC1. The van der Waals surface area contributed by atoms with Gasteiger partial charge in [-0.05, 0) is 19.1 Å². The standard InChI is InChI=1S/C17H20FN3O3/c1-12-15(6-7-19-17(22)21-8-10-23-11-9-21)20-16(24-12)13-4-2-3-5-14(13)18/h2-5H,6-11H2,1H3,(H,19,22). The highest BCUT2D eigenvalue weighted by Crippen LogP contribution is 2.24. The summed E-state index contributed by atoms with van der Waals surface area (Å²) in [7, 11) is 0. The van der Waals surface area contributed by atoms with Crippen molar-refractivity contribution in [2.75, 3.05) is 32.8 Å². The van der Waals surface area contributed by atoms with Crippen molar-refractivity contribution < 1.29 is 18.3 Å². The van der Waals surface area contributed by atoms with Gasteiger partial charge in [0.25, 0.3) is 0 Å². The van der Waals surface area contributed by atoms with Gasteiger partial charge in [0.15, 0.2) is 0 Å². The molecule has 3 rings (SSSR count). The molecule has 2 aromatic rings. The number of aryl methyl sites for hydroxylation is 1. The summed E-state index contributed by atoms with van der Waals surface area (Å²) in [4.78, 5) is 18.1. The van der Waals surface area contributed by atoms with E-state index in [9.17, 15) is 9.18 Å². The van der Waals surface area contributed by atoms with Crippen molar-refractivity contribution >= 4 is 6.03 Å². The zero-order chi connectivity index (χ0) is 16.9. The molecule has 1 aromatic heterocycles. The van der Waals surface area contributed by atoms with Gasteiger partial charge in [0, 0.05) is 26.1 Å². The number of benzene rings is 1. The summed E-state index contributed by atoms with van der Waals surface area (Å²) < 4.78 is 24.6. The van der Waals surface area contributed by atoms with Gasteiger partial charge in [-0.15, -0.1) is 0 Å². The predicted molar refractivity (Wildman–Crippen MR) is 86.1 cm³/mol. The lowest BCUT2D eigenvalue weighted by atomic mass is 10.2. The Morgan fingerprint density at radius 3 is 2.83 bits per heavy atom. The van der Waals surface area contributed by atoms with Crippen LogP contribution in [0.25, 0.3) is 11.5 Å². The van der Waals surface area contributed by atoms with Crippen LogP contribution in [0, 0.1) is 12.7 Å². The van der Waals surface area contributed by atoms with Crippen molar-refractivity contribution in [2.24, 2.45) is 0 Å². The molecule has 1 fully saturated rings. The van der Waals surface area contributed by atoms with E-state index < -0.39 is 0 Å². The molecule has 2 heterocycles. The van der Waals surface area contributed by atoms with E-state index in [2.05, 4.69) is 10.3 Å². The molecule has 1 aromatic carbocycles. The van der Waals surface area contributed by atoms with Crippen LogP contribution in [0.2, 0.25) is 0 Å². The number of carbonyl (C=O) groups excluding carboxylic acids is 1. The third-order valence-electron chi connectivity index (χ3n) is 3.93. The first-order valence-corrected chi connectivity index (χ1v) is 7.97. The Kier molecular flexibility index (Phi) is 5.10. The molecule has 24 heavy (non-hydrogen) atoms. The van der Waals surface area contributed by atoms with Crippen LogP contribution in [0.3, 0.4) is 0 Å². The van der Waals surface area contributed by atoms with E-state index in [0.717, 1.165) is 5.69 Å².